The number of rotatable bonds is 2. The van der Waals surface area contributed by atoms with Crippen molar-refractivity contribution < 1.29 is 13.9 Å². The predicted molar refractivity (Wildman–Crippen MR) is 60.4 cm³/mol. The third-order valence-corrected chi connectivity index (χ3v) is 4.32. The van der Waals surface area contributed by atoms with E-state index in [-0.39, 0.29) is 11.5 Å². The number of fused-ring (bicyclic) bond motifs is 1. The molecule has 1 aromatic carbocycles. The Labute approximate surface area is 99.5 Å². The first-order valence-electron chi connectivity index (χ1n) is 6.20. The van der Waals surface area contributed by atoms with E-state index in [1.54, 1.807) is 6.92 Å². The highest BCUT2D eigenvalue weighted by molar-refractivity contribution is 5.28. The molecule has 3 rings (SSSR count). The van der Waals surface area contributed by atoms with Gasteiger partial charge >= 0.3 is 0 Å². The lowest BCUT2D eigenvalue weighted by Crippen LogP contribution is -2.13. The molecular weight excluding hydrogens is 222 g/mol. The zero-order valence-electron chi connectivity index (χ0n) is 9.79. The predicted octanol–water partition coefficient (Wildman–Crippen LogP) is 3.35. The van der Waals surface area contributed by atoms with Crippen LogP contribution < -0.4 is 0 Å². The van der Waals surface area contributed by atoms with Crippen LogP contribution in [0.3, 0.4) is 0 Å². The molecule has 1 N–H and O–H groups in total. The lowest BCUT2D eigenvalue weighted by molar-refractivity contribution is 0.100. The van der Waals surface area contributed by atoms with Crippen molar-refractivity contribution in [3.63, 3.8) is 0 Å². The van der Waals surface area contributed by atoms with Crippen molar-refractivity contribution in [2.24, 2.45) is 17.8 Å². The van der Waals surface area contributed by atoms with Gasteiger partial charge in [0, 0.05) is 11.6 Å². The highest BCUT2D eigenvalue weighted by Gasteiger charge is 2.48. The molecule has 3 unspecified atom stereocenters. The van der Waals surface area contributed by atoms with Crippen LogP contribution in [0.2, 0.25) is 0 Å². The van der Waals surface area contributed by atoms with Crippen molar-refractivity contribution >= 4 is 0 Å². The molecule has 0 radical (unpaired) electrons. The van der Waals surface area contributed by atoms with E-state index in [4.69, 9.17) is 0 Å². The second kappa shape index (κ2) is 3.77. The third-order valence-electron chi connectivity index (χ3n) is 4.32. The van der Waals surface area contributed by atoms with Crippen molar-refractivity contribution in [1.29, 1.82) is 0 Å². The van der Waals surface area contributed by atoms with E-state index in [9.17, 15) is 13.9 Å². The molecule has 0 bridgehead atoms. The van der Waals surface area contributed by atoms with Gasteiger partial charge in [-0.3, -0.25) is 0 Å². The van der Waals surface area contributed by atoms with E-state index in [2.05, 4.69) is 0 Å². The van der Waals surface area contributed by atoms with Gasteiger partial charge in [0.05, 0.1) is 6.10 Å². The van der Waals surface area contributed by atoms with Crippen molar-refractivity contribution in [3.05, 3.63) is 34.9 Å². The summed E-state index contributed by atoms with van der Waals surface area (Å²) in [6, 6.07) is 2.32. The lowest BCUT2D eigenvalue weighted by Gasteiger charge is -2.20. The monoisotopic (exact) mass is 238 g/mol. The minimum atomic E-state index is -0.776. The van der Waals surface area contributed by atoms with Crippen LogP contribution >= 0.6 is 0 Å². The molecule has 3 atom stereocenters. The van der Waals surface area contributed by atoms with Gasteiger partial charge in [-0.25, -0.2) is 8.78 Å². The Morgan fingerprint density at radius 1 is 1.12 bits per heavy atom. The number of aliphatic hydroxyl groups is 1. The average Bonchev–Trinajstić information content (AvgIpc) is 2.90. The maximum atomic E-state index is 13.6. The molecule has 2 fully saturated rings. The molecule has 0 spiro atoms. The zero-order chi connectivity index (χ0) is 12.2. The number of aliphatic hydroxyl groups excluding tert-OH is 1. The Hall–Kier alpha value is -0.960. The van der Waals surface area contributed by atoms with Crippen LogP contribution in [0.1, 0.15) is 36.5 Å². The summed E-state index contributed by atoms with van der Waals surface area (Å²) in [6.45, 7) is 1.59. The van der Waals surface area contributed by atoms with E-state index in [0.717, 1.165) is 30.7 Å². The second-order valence-electron chi connectivity index (χ2n) is 5.56. The van der Waals surface area contributed by atoms with Gasteiger partial charge in [-0.2, -0.15) is 0 Å². The fourth-order valence-corrected chi connectivity index (χ4v) is 3.18. The van der Waals surface area contributed by atoms with Gasteiger partial charge in [0.2, 0.25) is 0 Å². The molecule has 2 saturated carbocycles. The van der Waals surface area contributed by atoms with E-state index < -0.39 is 17.7 Å². The fraction of sp³-hybridized carbons (Fsp3) is 0.571. The minimum absolute atomic E-state index is 0.151. The van der Waals surface area contributed by atoms with E-state index in [1.165, 1.54) is 12.5 Å². The minimum Gasteiger partial charge on any atom is -0.388 e. The van der Waals surface area contributed by atoms with Gasteiger partial charge in [0.15, 0.2) is 0 Å². The summed E-state index contributed by atoms with van der Waals surface area (Å²) in [5, 5.41) is 10.2. The van der Waals surface area contributed by atoms with Crippen LogP contribution in [0.25, 0.3) is 0 Å². The fourth-order valence-electron chi connectivity index (χ4n) is 3.18. The Morgan fingerprint density at radius 3 is 2.41 bits per heavy atom. The van der Waals surface area contributed by atoms with Gasteiger partial charge < -0.3 is 5.11 Å². The van der Waals surface area contributed by atoms with Crippen molar-refractivity contribution in [2.45, 2.75) is 32.3 Å². The standard InChI is InChI=1S/C14H16F2O/c1-7-2-11(13(16)6-12(7)15)14(17)10-4-8-3-9(8)5-10/h2,6,8-10,14,17H,3-5H2,1H3. The molecule has 0 saturated heterocycles. The normalized spacial score (nSPS) is 32.4. The molecule has 0 aliphatic heterocycles. The maximum Gasteiger partial charge on any atom is 0.131 e. The van der Waals surface area contributed by atoms with Gasteiger partial charge in [0.1, 0.15) is 11.6 Å². The molecule has 3 heteroatoms. The second-order valence-corrected chi connectivity index (χ2v) is 5.56. The van der Waals surface area contributed by atoms with Gasteiger partial charge in [-0.1, -0.05) is 0 Å². The molecule has 0 aromatic heterocycles. The topological polar surface area (TPSA) is 20.2 Å². The number of aryl methyl sites for hydroxylation is 1. The largest absolute Gasteiger partial charge is 0.388 e. The van der Waals surface area contributed by atoms with Crippen LogP contribution in [-0.4, -0.2) is 5.11 Å². The Bertz CT molecular complexity index is 448. The SMILES string of the molecule is Cc1cc(C(O)C2CC3CC3C2)c(F)cc1F. The number of hydrogen-bond acceptors (Lipinski definition) is 1. The molecular formula is C14H16F2O. The van der Waals surface area contributed by atoms with Crippen molar-refractivity contribution in [3.8, 4) is 0 Å². The molecule has 1 aromatic rings. The van der Waals surface area contributed by atoms with E-state index >= 15 is 0 Å². The number of hydrogen-bond donors (Lipinski definition) is 1. The molecule has 0 heterocycles. The third kappa shape index (κ3) is 1.86. The van der Waals surface area contributed by atoms with Crippen LogP contribution in [-0.2, 0) is 0 Å². The first kappa shape index (κ1) is 11.1. The first-order chi connectivity index (χ1) is 8.06. The smallest absolute Gasteiger partial charge is 0.131 e. The number of benzene rings is 1. The Morgan fingerprint density at radius 2 is 1.76 bits per heavy atom. The molecule has 17 heavy (non-hydrogen) atoms. The zero-order valence-corrected chi connectivity index (χ0v) is 9.79. The summed E-state index contributed by atoms with van der Waals surface area (Å²) < 4.78 is 26.8. The Balaban J connectivity index is 1.85. The van der Waals surface area contributed by atoms with Crippen LogP contribution in [0, 0.1) is 36.3 Å². The summed E-state index contributed by atoms with van der Waals surface area (Å²) in [5.74, 6) is 0.477. The van der Waals surface area contributed by atoms with Crippen LogP contribution in [0.15, 0.2) is 12.1 Å². The van der Waals surface area contributed by atoms with Crippen molar-refractivity contribution in [1.82, 2.24) is 0 Å². The van der Waals surface area contributed by atoms with Crippen molar-refractivity contribution in [2.75, 3.05) is 0 Å². The molecule has 2 aliphatic carbocycles. The van der Waals surface area contributed by atoms with E-state index in [0.29, 0.717) is 5.56 Å². The summed E-state index contributed by atoms with van der Waals surface area (Å²) in [7, 11) is 0. The first-order valence-corrected chi connectivity index (χ1v) is 6.20. The Kier molecular flexibility index (Phi) is 2.47. The molecule has 0 amide bonds. The van der Waals surface area contributed by atoms with Crippen LogP contribution in [0.4, 0.5) is 8.78 Å². The van der Waals surface area contributed by atoms with Gasteiger partial charge in [0.25, 0.3) is 0 Å². The molecule has 2 aliphatic rings. The summed E-state index contributed by atoms with van der Waals surface area (Å²) in [6.07, 6.45) is 2.47. The lowest BCUT2D eigenvalue weighted by atomic mass is 9.90. The maximum absolute atomic E-state index is 13.6. The summed E-state index contributed by atoms with van der Waals surface area (Å²) >= 11 is 0. The summed E-state index contributed by atoms with van der Waals surface area (Å²) in [5.41, 5.74) is 0.652. The molecule has 92 valence electrons. The van der Waals surface area contributed by atoms with E-state index in [1.807, 2.05) is 0 Å². The van der Waals surface area contributed by atoms with Gasteiger partial charge in [-0.05, 0) is 55.6 Å². The van der Waals surface area contributed by atoms with Gasteiger partial charge in [-0.15, -0.1) is 0 Å². The molecule has 1 nitrogen and oxygen atoms in total. The average molecular weight is 238 g/mol. The highest BCUT2D eigenvalue weighted by atomic mass is 19.1. The number of halogens is 2. The quantitative estimate of drug-likeness (QED) is 0.837. The summed E-state index contributed by atoms with van der Waals surface area (Å²) in [4.78, 5) is 0. The van der Waals surface area contributed by atoms with Crippen LogP contribution in [0.5, 0.6) is 0 Å². The highest BCUT2D eigenvalue weighted by Crippen LogP contribution is 2.57.